The van der Waals surface area contributed by atoms with Crippen molar-refractivity contribution >= 4 is 12.3 Å². The zero-order chi connectivity index (χ0) is 8.97. The predicted octanol–water partition coefficient (Wildman–Crippen LogP) is 1.11. The fourth-order valence-electron chi connectivity index (χ4n) is 0.822. The second-order valence-electron chi connectivity index (χ2n) is 2.32. The van der Waals surface area contributed by atoms with Crippen molar-refractivity contribution in [1.82, 2.24) is 0 Å². The van der Waals surface area contributed by atoms with Crippen LogP contribution < -0.4 is 0 Å². The van der Waals surface area contributed by atoms with Crippen molar-refractivity contribution in [2.24, 2.45) is 0 Å². The molecule has 0 bridgehead atoms. The molecule has 0 aliphatic heterocycles. The van der Waals surface area contributed by atoms with Crippen LogP contribution in [0.2, 0.25) is 0 Å². The molecule has 64 valence electrons. The zero-order valence-electron chi connectivity index (χ0n) is 6.32. The molecule has 4 heteroatoms. The van der Waals surface area contributed by atoms with Crippen LogP contribution in [0.5, 0.6) is 0 Å². The molecule has 0 saturated heterocycles. The first-order valence-electron chi connectivity index (χ1n) is 3.48. The topological polar surface area (TPSA) is 67.5 Å². The van der Waals surface area contributed by atoms with Crippen LogP contribution in [0.3, 0.4) is 0 Å². The largest absolute Gasteiger partial charge is 0.481 e. The fraction of sp³-hybridized carbons (Fsp3) is 0.250. The average Bonchev–Trinajstić information content (AvgIpc) is 2.48. The first-order valence-corrected chi connectivity index (χ1v) is 3.48. The number of rotatable bonds is 4. The maximum atomic E-state index is 10.1. The van der Waals surface area contributed by atoms with Crippen molar-refractivity contribution in [1.29, 1.82) is 0 Å². The first kappa shape index (κ1) is 8.52. The van der Waals surface area contributed by atoms with Crippen LogP contribution >= 0.6 is 0 Å². The molecule has 12 heavy (non-hydrogen) atoms. The van der Waals surface area contributed by atoms with Crippen LogP contribution in [0, 0.1) is 0 Å². The molecule has 0 aromatic carbocycles. The van der Waals surface area contributed by atoms with Gasteiger partial charge in [0.2, 0.25) is 0 Å². The Morgan fingerprint density at radius 3 is 2.83 bits per heavy atom. The van der Waals surface area contributed by atoms with Crippen LogP contribution in [-0.2, 0) is 11.2 Å². The molecule has 1 N–H and O–H groups in total. The Bertz CT molecular complexity index is 287. The van der Waals surface area contributed by atoms with Gasteiger partial charge in [0.25, 0.3) is 0 Å². The van der Waals surface area contributed by atoms with Gasteiger partial charge in [-0.05, 0) is 12.1 Å². The van der Waals surface area contributed by atoms with E-state index in [9.17, 15) is 9.59 Å². The smallest absolute Gasteiger partial charge is 0.303 e. The monoisotopic (exact) mass is 168 g/mol. The van der Waals surface area contributed by atoms with Gasteiger partial charge in [-0.25, -0.2) is 0 Å². The van der Waals surface area contributed by atoms with E-state index in [0.717, 1.165) is 0 Å². The molecule has 4 nitrogen and oxygen atoms in total. The van der Waals surface area contributed by atoms with Crippen molar-refractivity contribution in [2.45, 2.75) is 12.8 Å². The Kier molecular flexibility index (Phi) is 2.63. The maximum Gasteiger partial charge on any atom is 0.303 e. The molecule has 0 aliphatic carbocycles. The van der Waals surface area contributed by atoms with Crippen molar-refractivity contribution in [3.63, 3.8) is 0 Å². The summed E-state index contributed by atoms with van der Waals surface area (Å²) in [4.78, 5) is 20.3. The fourth-order valence-corrected chi connectivity index (χ4v) is 0.822. The molecule has 1 rings (SSSR count). The van der Waals surface area contributed by atoms with Crippen LogP contribution in [0.25, 0.3) is 0 Å². The summed E-state index contributed by atoms with van der Waals surface area (Å²) in [5.41, 5.74) is 0. The summed E-state index contributed by atoms with van der Waals surface area (Å²) in [6, 6.07) is 3.12. The van der Waals surface area contributed by atoms with Crippen molar-refractivity contribution in [3.05, 3.63) is 23.7 Å². The molecular weight excluding hydrogens is 160 g/mol. The van der Waals surface area contributed by atoms with Gasteiger partial charge >= 0.3 is 5.97 Å². The number of aldehydes is 1. The van der Waals surface area contributed by atoms with Gasteiger partial charge in [-0.15, -0.1) is 0 Å². The quantitative estimate of drug-likeness (QED) is 0.684. The lowest BCUT2D eigenvalue weighted by Crippen LogP contribution is -1.96. The minimum atomic E-state index is -0.876. The van der Waals surface area contributed by atoms with E-state index in [2.05, 4.69) is 0 Å². The van der Waals surface area contributed by atoms with Gasteiger partial charge in [-0.1, -0.05) is 0 Å². The van der Waals surface area contributed by atoms with Crippen LogP contribution in [-0.4, -0.2) is 17.4 Å². The molecule has 0 saturated carbocycles. The lowest BCUT2D eigenvalue weighted by Gasteiger charge is -1.90. The number of carbonyl (C=O) groups is 2. The summed E-state index contributed by atoms with van der Waals surface area (Å²) in [5.74, 6) is -0.117. The average molecular weight is 168 g/mol. The highest BCUT2D eigenvalue weighted by molar-refractivity contribution is 5.70. The number of carboxylic acids is 1. The molecule has 0 fully saturated rings. The highest BCUT2D eigenvalue weighted by Gasteiger charge is 2.03. The van der Waals surface area contributed by atoms with Gasteiger partial charge in [-0.3, -0.25) is 9.59 Å². The van der Waals surface area contributed by atoms with Crippen molar-refractivity contribution in [2.75, 3.05) is 0 Å². The third kappa shape index (κ3) is 2.23. The van der Waals surface area contributed by atoms with E-state index >= 15 is 0 Å². The maximum absolute atomic E-state index is 10.1. The SMILES string of the molecule is O=Cc1ccc(CCC(=O)O)o1. The standard InChI is InChI=1S/C8H8O4/c9-5-7-2-1-6(12-7)3-4-8(10)11/h1-2,5H,3-4H2,(H,10,11). The van der Waals surface area contributed by atoms with Crippen molar-refractivity contribution in [3.8, 4) is 0 Å². The summed E-state index contributed by atoms with van der Waals surface area (Å²) in [5, 5.41) is 8.33. The summed E-state index contributed by atoms with van der Waals surface area (Å²) in [7, 11) is 0. The molecular formula is C8H8O4. The summed E-state index contributed by atoms with van der Waals surface area (Å²) in [6.45, 7) is 0. The van der Waals surface area contributed by atoms with Gasteiger partial charge in [-0.2, -0.15) is 0 Å². The lowest BCUT2D eigenvalue weighted by atomic mass is 10.2. The Labute approximate surface area is 68.8 Å². The Morgan fingerprint density at radius 1 is 1.58 bits per heavy atom. The Balaban J connectivity index is 2.52. The molecule has 0 spiro atoms. The zero-order valence-corrected chi connectivity index (χ0v) is 6.32. The van der Waals surface area contributed by atoms with E-state index in [1.165, 1.54) is 6.07 Å². The van der Waals surface area contributed by atoms with Crippen LogP contribution in [0.1, 0.15) is 22.7 Å². The molecule has 0 aliphatic rings. The third-order valence-corrected chi connectivity index (χ3v) is 1.38. The summed E-state index contributed by atoms with van der Waals surface area (Å²) >= 11 is 0. The summed E-state index contributed by atoms with van der Waals surface area (Å²) in [6.07, 6.45) is 0.930. The molecule has 1 aromatic rings. The van der Waals surface area contributed by atoms with Crippen LogP contribution in [0.4, 0.5) is 0 Å². The van der Waals surface area contributed by atoms with Gasteiger partial charge in [0, 0.05) is 6.42 Å². The minimum Gasteiger partial charge on any atom is -0.481 e. The Morgan fingerprint density at radius 2 is 2.33 bits per heavy atom. The number of carboxylic acid groups (broad SMARTS) is 1. The second-order valence-corrected chi connectivity index (χ2v) is 2.32. The Hall–Kier alpha value is -1.58. The number of hydrogen-bond donors (Lipinski definition) is 1. The van der Waals surface area contributed by atoms with E-state index in [1.807, 2.05) is 0 Å². The van der Waals surface area contributed by atoms with E-state index in [-0.39, 0.29) is 12.2 Å². The highest BCUT2D eigenvalue weighted by atomic mass is 16.4. The number of furan rings is 1. The molecule has 0 amide bonds. The van der Waals surface area contributed by atoms with Gasteiger partial charge < -0.3 is 9.52 Å². The first-order chi connectivity index (χ1) is 5.72. The molecule has 1 heterocycles. The van der Waals surface area contributed by atoms with Gasteiger partial charge in [0.15, 0.2) is 12.0 Å². The van der Waals surface area contributed by atoms with Gasteiger partial charge in [0.1, 0.15) is 5.76 Å². The molecule has 0 atom stereocenters. The van der Waals surface area contributed by atoms with E-state index < -0.39 is 5.97 Å². The molecule has 1 aromatic heterocycles. The third-order valence-electron chi connectivity index (χ3n) is 1.38. The molecule has 0 radical (unpaired) electrons. The number of aliphatic carboxylic acids is 1. The molecule has 0 unspecified atom stereocenters. The normalized spacial score (nSPS) is 9.67. The van der Waals surface area contributed by atoms with E-state index in [1.54, 1.807) is 6.07 Å². The van der Waals surface area contributed by atoms with Gasteiger partial charge in [0.05, 0.1) is 6.42 Å². The number of hydrogen-bond acceptors (Lipinski definition) is 3. The highest BCUT2D eigenvalue weighted by Crippen LogP contribution is 2.07. The summed E-state index contributed by atoms with van der Waals surface area (Å²) < 4.78 is 4.95. The van der Waals surface area contributed by atoms with E-state index in [4.69, 9.17) is 9.52 Å². The minimum absolute atomic E-state index is 0.0197. The van der Waals surface area contributed by atoms with Crippen LogP contribution in [0.15, 0.2) is 16.5 Å². The van der Waals surface area contributed by atoms with E-state index in [0.29, 0.717) is 18.5 Å². The van der Waals surface area contributed by atoms with Crippen molar-refractivity contribution < 1.29 is 19.1 Å². The predicted molar refractivity (Wildman–Crippen MR) is 40.1 cm³/mol. The number of carbonyl (C=O) groups excluding carboxylic acids is 1. The second kappa shape index (κ2) is 3.71. The number of aryl methyl sites for hydroxylation is 1. The lowest BCUT2D eigenvalue weighted by molar-refractivity contribution is -0.137.